The number of aliphatic hydroxyl groups excluding tert-OH is 1. The molecule has 0 amide bonds. The molecule has 0 radical (unpaired) electrons. The zero-order valence-corrected chi connectivity index (χ0v) is 6.66. The average molecular weight is 164 g/mol. The van der Waals surface area contributed by atoms with Crippen LogP contribution >= 0.6 is 0 Å². The van der Waals surface area contributed by atoms with Crippen molar-refractivity contribution in [3.8, 4) is 0 Å². The minimum atomic E-state index is -0.928. The number of rotatable bonds is 3. The summed E-state index contributed by atoms with van der Waals surface area (Å²) in [6.45, 7) is 2.21. The Kier molecular flexibility index (Phi) is 11.0. The van der Waals surface area contributed by atoms with Gasteiger partial charge >= 0.3 is 5.97 Å². The molecule has 6 N–H and O–H groups in total. The maximum absolute atomic E-state index is 9.81. The van der Waals surface area contributed by atoms with Gasteiger partial charge < -0.3 is 21.7 Å². The number of nitrogens with two attached hydrogens (primary N) is 2. The van der Waals surface area contributed by atoms with Crippen molar-refractivity contribution in [2.45, 2.75) is 19.4 Å². The molecule has 0 aliphatic rings. The lowest BCUT2D eigenvalue weighted by Crippen LogP contribution is -2.28. The summed E-state index contributed by atoms with van der Waals surface area (Å²) in [7, 11) is 0. The van der Waals surface area contributed by atoms with Gasteiger partial charge in [0, 0.05) is 6.54 Å². The molecule has 11 heavy (non-hydrogen) atoms. The van der Waals surface area contributed by atoms with E-state index in [2.05, 4.69) is 0 Å². The summed E-state index contributed by atoms with van der Waals surface area (Å²) in [4.78, 5) is 9.81. The molecule has 0 fully saturated rings. The lowest BCUT2D eigenvalue weighted by atomic mass is 10.2. The molecule has 68 valence electrons. The summed E-state index contributed by atoms with van der Waals surface area (Å²) in [5.41, 5.74) is 9.79. The second kappa shape index (κ2) is 9.35. The first-order valence-corrected chi connectivity index (χ1v) is 3.39. The Hall–Kier alpha value is -0.650. The van der Waals surface area contributed by atoms with Crippen LogP contribution in [0.3, 0.4) is 0 Å². The fourth-order valence-corrected chi connectivity index (χ4v) is 0.175. The predicted molar refractivity (Wildman–Crippen MR) is 42.0 cm³/mol. The zero-order valence-electron chi connectivity index (χ0n) is 6.66. The quantitative estimate of drug-likeness (QED) is 0.416. The molecule has 0 saturated heterocycles. The lowest BCUT2D eigenvalue weighted by Gasteiger charge is -1.97. The Balaban J connectivity index is 0. The summed E-state index contributed by atoms with van der Waals surface area (Å²) in [6, 6.07) is -0.681. The number of carbonyl (C=O) groups is 1. The highest BCUT2D eigenvalue weighted by molar-refractivity contribution is 5.72. The van der Waals surface area contributed by atoms with Crippen LogP contribution in [-0.4, -0.2) is 35.4 Å². The number of aliphatic carboxylic acids is 1. The second-order valence-corrected chi connectivity index (χ2v) is 1.87. The van der Waals surface area contributed by atoms with Gasteiger partial charge in [-0.25, -0.2) is 0 Å². The van der Waals surface area contributed by atoms with Gasteiger partial charge in [0.1, 0.15) is 6.04 Å². The molecule has 1 atom stereocenters. The molecule has 0 aliphatic carbocycles. The highest BCUT2D eigenvalue weighted by atomic mass is 16.4. The van der Waals surface area contributed by atoms with Crippen LogP contribution < -0.4 is 11.5 Å². The maximum atomic E-state index is 9.81. The van der Waals surface area contributed by atoms with Crippen molar-refractivity contribution in [3.63, 3.8) is 0 Å². The van der Waals surface area contributed by atoms with E-state index in [0.717, 1.165) is 0 Å². The van der Waals surface area contributed by atoms with E-state index in [1.165, 1.54) is 0 Å². The van der Waals surface area contributed by atoms with E-state index in [0.29, 0.717) is 13.0 Å². The van der Waals surface area contributed by atoms with Crippen LogP contribution in [0.2, 0.25) is 0 Å². The van der Waals surface area contributed by atoms with E-state index in [9.17, 15) is 4.79 Å². The number of carboxylic acids is 1. The lowest BCUT2D eigenvalue weighted by molar-refractivity contribution is -0.138. The van der Waals surface area contributed by atoms with Gasteiger partial charge in [-0.15, -0.1) is 0 Å². The van der Waals surface area contributed by atoms with E-state index >= 15 is 0 Å². The smallest absolute Gasteiger partial charge is 0.320 e. The first kappa shape index (κ1) is 13.0. The first-order chi connectivity index (χ1) is 5.09. The minimum Gasteiger partial charge on any atom is -0.480 e. The Bertz CT molecular complexity index is 95.8. The molecule has 0 aromatic carbocycles. The molecular formula is C6H16N2O3. The van der Waals surface area contributed by atoms with Crippen LogP contribution in [0, 0.1) is 0 Å². The van der Waals surface area contributed by atoms with Crippen LogP contribution in [-0.2, 0) is 4.79 Å². The van der Waals surface area contributed by atoms with Gasteiger partial charge in [0.15, 0.2) is 0 Å². The normalized spacial score (nSPS) is 11.3. The number of carboxylic acid groups (broad SMARTS) is 1. The molecule has 0 aromatic rings. The topological polar surface area (TPSA) is 110 Å². The Morgan fingerprint density at radius 1 is 1.64 bits per heavy atom. The third-order valence-electron chi connectivity index (χ3n) is 0.886. The first-order valence-electron chi connectivity index (χ1n) is 3.39. The molecule has 0 heterocycles. The molecule has 0 saturated carbocycles. The van der Waals surface area contributed by atoms with Crippen LogP contribution in [0.25, 0.3) is 0 Å². The third kappa shape index (κ3) is 12.5. The van der Waals surface area contributed by atoms with E-state index in [1.54, 1.807) is 6.92 Å². The molecular weight excluding hydrogens is 148 g/mol. The molecule has 0 bridgehead atoms. The van der Waals surface area contributed by atoms with Crippen molar-refractivity contribution in [1.29, 1.82) is 0 Å². The SMILES string of the molecule is CCC(N)C(=O)O.NCCO. The zero-order chi connectivity index (χ0) is 9.28. The molecule has 5 heteroatoms. The number of hydrogen-bond acceptors (Lipinski definition) is 4. The van der Waals surface area contributed by atoms with Crippen LogP contribution in [0.15, 0.2) is 0 Å². The van der Waals surface area contributed by atoms with Gasteiger partial charge in [-0.2, -0.15) is 0 Å². The van der Waals surface area contributed by atoms with Gasteiger partial charge in [-0.05, 0) is 6.42 Å². The maximum Gasteiger partial charge on any atom is 0.320 e. The third-order valence-corrected chi connectivity index (χ3v) is 0.886. The van der Waals surface area contributed by atoms with Crippen molar-refractivity contribution in [2.24, 2.45) is 11.5 Å². The van der Waals surface area contributed by atoms with Gasteiger partial charge in [0.05, 0.1) is 6.61 Å². The fraction of sp³-hybridized carbons (Fsp3) is 0.833. The summed E-state index contributed by atoms with van der Waals surface area (Å²) in [6.07, 6.45) is 0.495. The Morgan fingerprint density at radius 2 is 2.00 bits per heavy atom. The molecule has 5 nitrogen and oxygen atoms in total. The summed E-state index contributed by atoms with van der Waals surface area (Å²) in [5, 5.41) is 15.8. The number of aliphatic hydroxyl groups is 1. The standard InChI is InChI=1S/C4H9NO2.C2H7NO/c1-2-3(5)4(6)7;3-1-2-4/h3H,2,5H2,1H3,(H,6,7);4H,1-3H2. The van der Waals surface area contributed by atoms with Gasteiger partial charge in [0.25, 0.3) is 0 Å². The summed E-state index contributed by atoms with van der Waals surface area (Å²) >= 11 is 0. The average Bonchev–Trinajstić information content (AvgIpc) is 2.03. The molecule has 0 aromatic heterocycles. The van der Waals surface area contributed by atoms with Gasteiger partial charge in [-0.3, -0.25) is 4.79 Å². The highest BCUT2D eigenvalue weighted by Crippen LogP contribution is 1.82. The van der Waals surface area contributed by atoms with Crippen LogP contribution in [0.1, 0.15) is 13.3 Å². The van der Waals surface area contributed by atoms with E-state index in [-0.39, 0.29) is 6.61 Å². The fourth-order valence-electron chi connectivity index (χ4n) is 0.175. The van der Waals surface area contributed by atoms with Crippen molar-refractivity contribution in [2.75, 3.05) is 13.2 Å². The predicted octanol–water partition coefficient (Wildman–Crippen LogP) is -1.25. The van der Waals surface area contributed by atoms with Crippen molar-refractivity contribution < 1.29 is 15.0 Å². The number of hydrogen-bond donors (Lipinski definition) is 4. The molecule has 1 unspecified atom stereocenters. The van der Waals surface area contributed by atoms with E-state index < -0.39 is 12.0 Å². The highest BCUT2D eigenvalue weighted by Gasteiger charge is 2.05. The van der Waals surface area contributed by atoms with Gasteiger partial charge in [0.2, 0.25) is 0 Å². The van der Waals surface area contributed by atoms with Crippen molar-refractivity contribution >= 4 is 5.97 Å². The van der Waals surface area contributed by atoms with Gasteiger partial charge in [-0.1, -0.05) is 6.92 Å². The van der Waals surface area contributed by atoms with Crippen LogP contribution in [0.5, 0.6) is 0 Å². The Morgan fingerprint density at radius 3 is 2.00 bits per heavy atom. The Labute approximate surface area is 66.0 Å². The largest absolute Gasteiger partial charge is 0.480 e. The minimum absolute atomic E-state index is 0.0972. The van der Waals surface area contributed by atoms with Crippen molar-refractivity contribution in [3.05, 3.63) is 0 Å². The summed E-state index contributed by atoms with van der Waals surface area (Å²) < 4.78 is 0. The monoisotopic (exact) mass is 164 g/mol. The second-order valence-electron chi connectivity index (χ2n) is 1.87. The molecule has 0 rings (SSSR count). The molecule has 0 aliphatic heterocycles. The summed E-state index contributed by atoms with van der Waals surface area (Å²) in [5.74, 6) is -0.928. The van der Waals surface area contributed by atoms with E-state index in [4.69, 9.17) is 21.7 Å². The van der Waals surface area contributed by atoms with Crippen LogP contribution in [0.4, 0.5) is 0 Å². The molecule has 0 spiro atoms. The van der Waals surface area contributed by atoms with E-state index in [1.807, 2.05) is 0 Å². The van der Waals surface area contributed by atoms with Crippen molar-refractivity contribution in [1.82, 2.24) is 0 Å².